The molecule has 0 spiro atoms. The Morgan fingerprint density at radius 2 is 2.02 bits per heavy atom. The Morgan fingerprint density at radius 3 is 2.71 bits per heavy atom. The monoisotopic (exact) mass is 678 g/mol. The van der Waals surface area contributed by atoms with Gasteiger partial charge in [0.1, 0.15) is 0 Å². The average Bonchev–Trinajstić information content (AvgIpc) is 3.30. The number of aromatic nitrogens is 2. The van der Waals surface area contributed by atoms with Gasteiger partial charge in [-0.15, -0.1) is 0 Å². The van der Waals surface area contributed by atoms with Crippen molar-refractivity contribution in [3.05, 3.63) is 70.0 Å². The highest BCUT2D eigenvalue weighted by atomic mass is 79.9. The summed E-state index contributed by atoms with van der Waals surface area (Å²) in [5.74, 6) is 0.0184. The maximum absolute atomic E-state index is 11.8. The Hall–Kier alpha value is -2.74. The molecule has 0 bridgehead atoms. The van der Waals surface area contributed by atoms with Crippen molar-refractivity contribution in [1.29, 1.82) is 0 Å². The van der Waals surface area contributed by atoms with Gasteiger partial charge in [0.2, 0.25) is 0 Å². The largest absolute Gasteiger partial charge is 0.465 e. The van der Waals surface area contributed by atoms with Crippen molar-refractivity contribution in [2.75, 3.05) is 26.9 Å². The molecule has 6 nitrogen and oxygen atoms in total. The number of carbonyl (C=O) groups excluding carboxylic acids is 1. The van der Waals surface area contributed by atoms with Gasteiger partial charge in [0, 0.05) is 65.7 Å². The van der Waals surface area contributed by atoms with Gasteiger partial charge in [-0.1, -0.05) is 54.9 Å². The van der Waals surface area contributed by atoms with E-state index in [1.807, 2.05) is 6.20 Å². The predicted molar refractivity (Wildman–Crippen MR) is 188 cm³/mol. The molecule has 0 aliphatic heterocycles. The number of halogens is 1. The highest BCUT2D eigenvalue weighted by Crippen LogP contribution is 2.43. The van der Waals surface area contributed by atoms with Crippen molar-refractivity contribution in [3.63, 3.8) is 0 Å². The Morgan fingerprint density at radius 1 is 1.24 bits per heavy atom. The van der Waals surface area contributed by atoms with E-state index >= 15 is 0 Å². The fourth-order valence-electron chi connectivity index (χ4n) is 6.40. The van der Waals surface area contributed by atoms with Crippen LogP contribution in [0.15, 0.2) is 53.2 Å². The number of methoxy groups -OCH3 is 1. The number of hydrogen-bond donors (Lipinski definition) is 0. The van der Waals surface area contributed by atoms with Crippen molar-refractivity contribution in [2.45, 2.75) is 92.7 Å². The standard InChI is InChI=1S/C38H51BrN2O4/c1-9-17-44-23-30-18-28(14-12-11-13-25(30)3)29-19-33(36(40-22-29)26(4)43-8)37-34(21-38(6,7)24-45-27(5)42)32-20-31(39)15-16-35(32)41(37)10-2/h14-16,19-20,22,26,30H,3,9-13,17-18,21,23-24H2,1-2,4-8H3/b28-14+/t26-,30-/m0/s1. The van der Waals surface area contributed by atoms with E-state index in [1.165, 1.54) is 34.5 Å². The maximum atomic E-state index is 11.8. The smallest absolute Gasteiger partial charge is 0.302 e. The van der Waals surface area contributed by atoms with Crippen LogP contribution < -0.4 is 0 Å². The summed E-state index contributed by atoms with van der Waals surface area (Å²) in [6, 6.07) is 8.83. The number of esters is 1. The second-order valence-electron chi connectivity index (χ2n) is 13.1. The normalized spacial score (nSPS) is 17.9. The van der Waals surface area contributed by atoms with Crippen LogP contribution in [0.25, 0.3) is 27.7 Å². The molecule has 0 saturated carbocycles. The van der Waals surface area contributed by atoms with E-state index < -0.39 is 0 Å². The van der Waals surface area contributed by atoms with Gasteiger partial charge >= 0.3 is 5.97 Å². The third-order valence-corrected chi connectivity index (χ3v) is 9.35. The Labute approximate surface area is 278 Å². The van der Waals surface area contributed by atoms with E-state index in [-0.39, 0.29) is 23.4 Å². The number of ether oxygens (including phenoxy) is 3. The molecule has 45 heavy (non-hydrogen) atoms. The third kappa shape index (κ3) is 8.55. The summed E-state index contributed by atoms with van der Waals surface area (Å²) in [6.45, 7) is 19.3. The van der Waals surface area contributed by atoms with Gasteiger partial charge in [0.05, 0.1) is 30.7 Å². The highest BCUT2D eigenvalue weighted by Gasteiger charge is 2.29. The van der Waals surface area contributed by atoms with Crippen molar-refractivity contribution in [2.24, 2.45) is 11.3 Å². The third-order valence-electron chi connectivity index (χ3n) is 8.85. The SMILES string of the molecule is C=C1CCC/C=C(/c2cnc([C@H](C)OC)c(-c3c(CC(C)(C)COC(C)=O)c4cc(Br)ccc4n3CC)c2)C[C@H]1COCCC. The number of benzene rings is 1. The summed E-state index contributed by atoms with van der Waals surface area (Å²) in [5, 5.41) is 1.19. The molecule has 0 amide bonds. The minimum absolute atomic E-state index is 0.202. The Bertz CT molecular complexity index is 1540. The molecule has 4 rings (SSSR count). The summed E-state index contributed by atoms with van der Waals surface area (Å²) in [5.41, 5.74) is 8.95. The van der Waals surface area contributed by atoms with Crippen LogP contribution in [-0.2, 0) is 32.0 Å². The molecule has 0 N–H and O–H groups in total. The van der Waals surface area contributed by atoms with Gasteiger partial charge in [-0.3, -0.25) is 9.78 Å². The lowest BCUT2D eigenvalue weighted by atomic mass is 9.83. The van der Waals surface area contributed by atoms with Gasteiger partial charge in [-0.05, 0) is 93.3 Å². The van der Waals surface area contributed by atoms with Crippen molar-refractivity contribution < 1.29 is 19.0 Å². The quantitative estimate of drug-likeness (QED) is 0.102. The van der Waals surface area contributed by atoms with Gasteiger partial charge in [0.25, 0.3) is 0 Å². The molecule has 1 aliphatic carbocycles. The lowest BCUT2D eigenvalue weighted by Crippen LogP contribution is -2.24. The number of allylic oxidation sites excluding steroid dienone is 2. The molecule has 0 fully saturated rings. The molecule has 2 aromatic heterocycles. The Kier molecular flexibility index (Phi) is 12.3. The molecule has 3 aromatic rings. The van der Waals surface area contributed by atoms with Crippen LogP contribution in [0.1, 0.15) is 96.6 Å². The van der Waals surface area contributed by atoms with E-state index in [1.54, 1.807) is 7.11 Å². The molecule has 244 valence electrons. The molecule has 0 saturated heterocycles. The molecular weight excluding hydrogens is 628 g/mol. The highest BCUT2D eigenvalue weighted by molar-refractivity contribution is 9.10. The van der Waals surface area contributed by atoms with E-state index in [0.29, 0.717) is 13.2 Å². The first-order valence-electron chi connectivity index (χ1n) is 16.4. The number of fused-ring (bicyclic) bond motifs is 1. The summed E-state index contributed by atoms with van der Waals surface area (Å²) >= 11 is 3.73. The van der Waals surface area contributed by atoms with E-state index in [4.69, 9.17) is 19.2 Å². The van der Waals surface area contributed by atoms with Crippen LogP contribution >= 0.6 is 15.9 Å². The average molecular weight is 680 g/mol. The molecule has 2 atom stereocenters. The zero-order valence-electron chi connectivity index (χ0n) is 28.3. The number of aryl methyl sites for hydroxylation is 1. The topological polar surface area (TPSA) is 62.6 Å². The van der Waals surface area contributed by atoms with Crippen molar-refractivity contribution >= 4 is 38.4 Å². The van der Waals surface area contributed by atoms with Gasteiger partial charge in [-0.25, -0.2) is 0 Å². The fraction of sp³-hybridized carbons (Fsp3) is 0.526. The Balaban J connectivity index is 1.93. The van der Waals surface area contributed by atoms with Crippen LogP contribution in [0.4, 0.5) is 0 Å². The van der Waals surface area contributed by atoms with Crippen molar-refractivity contribution in [1.82, 2.24) is 9.55 Å². The minimum atomic E-state index is -0.290. The van der Waals surface area contributed by atoms with Crippen molar-refractivity contribution in [3.8, 4) is 11.3 Å². The lowest BCUT2D eigenvalue weighted by Gasteiger charge is -2.26. The van der Waals surface area contributed by atoms with E-state index in [9.17, 15) is 4.79 Å². The lowest BCUT2D eigenvalue weighted by molar-refractivity contribution is -0.143. The summed E-state index contributed by atoms with van der Waals surface area (Å²) in [6.07, 6.45) is 9.98. The molecule has 1 aliphatic rings. The van der Waals surface area contributed by atoms with E-state index in [2.05, 4.69) is 92.0 Å². The molecule has 2 heterocycles. The fourth-order valence-corrected chi connectivity index (χ4v) is 6.76. The maximum Gasteiger partial charge on any atom is 0.302 e. The van der Waals surface area contributed by atoms with Gasteiger partial charge in [0.15, 0.2) is 0 Å². The number of carbonyl (C=O) groups is 1. The van der Waals surface area contributed by atoms with Crippen LogP contribution in [0, 0.1) is 11.3 Å². The second-order valence-corrected chi connectivity index (χ2v) is 14.1. The first-order chi connectivity index (χ1) is 21.5. The minimum Gasteiger partial charge on any atom is -0.465 e. The van der Waals surface area contributed by atoms with Crippen LogP contribution in [0.2, 0.25) is 0 Å². The molecule has 0 radical (unpaired) electrons. The number of pyridine rings is 1. The van der Waals surface area contributed by atoms with Gasteiger partial charge < -0.3 is 18.8 Å². The van der Waals surface area contributed by atoms with Crippen LogP contribution in [0.3, 0.4) is 0 Å². The first-order valence-corrected chi connectivity index (χ1v) is 17.2. The van der Waals surface area contributed by atoms with E-state index in [0.717, 1.165) is 78.7 Å². The van der Waals surface area contributed by atoms with Gasteiger partial charge in [-0.2, -0.15) is 0 Å². The molecular formula is C38H51BrN2O4. The number of hydrogen-bond acceptors (Lipinski definition) is 5. The zero-order valence-corrected chi connectivity index (χ0v) is 29.9. The second kappa shape index (κ2) is 15.7. The zero-order chi connectivity index (χ0) is 32.7. The molecule has 7 heteroatoms. The summed E-state index contributed by atoms with van der Waals surface area (Å²) in [7, 11) is 1.74. The molecule has 1 aromatic carbocycles. The molecule has 0 unspecified atom stereocenters. The van der Waals surface area contributed by atoms with Crippen LogP contribution in [0.5, 0.6) is 0 Å². The number of rotatable bonds is 13. The van der Waals surface area contributed by atoms with Crippen LogP contribution in [-0.4, -0.2) is 42.5 Å². The summed E-state index contributed by atoms with van der Waals surface area (Å²) in [4.78, 5) is 16.9. The number of nitrogens with zero attached hydrogens (tertiary/aromatic N) is 2. The predicted octanol–water partition coefficient (Wildman–Crippen LogP) is 9.88. The summed E-state index contributed by atoms with van der Waals surface area (Å²) < 4.78 is 20.9. The first kappa shape index (κ1) is 35.1.